The van der Waals surface area contributed by atoms with Gasteiger partial charge in [0.2, 0.25) is 10.0 Å². The predicted octanol–water partition coefficient (Wildman–Crippen LogP) is 2.68. The molecule has 9 heteroatoms. The Labute approximate surface area is 180 Å². The van der Waals surface area contributed by atoms with E-state index in [1.165, 1.54) is 18.8 Å². The van der Waals surface area contributed by atoms with E-state index < -0.39 is 10.0 Å². The predicted molar refractivity (Wildman–Crippen MR) is 117 cm³/mol. The van der Waals surface area contributed by atoms with Crippen LogP contribution in [0.1, 0.15) is 12.0 Å². The highest BCUT2D eigenvalue weighted by atomic mass is 79.9. The maximum atomic E-state index is 12.1. The van der Waals surface area contributed by atoms with Gasteiger partial charge in [0, 0.05) is 36.3 Å². The van der Waals surface area contributed by atoms with E-state index >= 15 is 0 Å². The minimum atomic E-state index is -3.50. The fourth-order valence-corrected chi connectivity index (χ4v) is 4.52. The van der Waals surface area contributed by atoms with Gasteiger partial charge in [0.1, 0.15) is 0 Å². The van der Waals surface area contributed by atoms with Gasteiger partial charge in [-0.1, -0.05) is 34.1 Å². The third-order valence-electron chi connectivity index (χ3n) is 4.94. The average Bonchev–Trinajstić information content (AvgIpc) is 3.20. The molecule has 3 rings (SSSR count). The van der Waals surface area contributed by atoms with Gasteiger partial charge in [-0.3, -0.25) is 0 Å². The third kappa shape index (κ3) is 5.94. The Morgan fingerprint density at radius 1 is 1.17 bits per heavy atom. The van der Waals surface area contributed by atoms with Crippen molar-refractivity contribution in [2.24, 2.45) is 5.92 Å². The molecular formula is C20H25BrN4O3S. The lowest BCUT2D eigenvalue weighted by atomic mass is 10.1. The maximum absolute atomic E-state index is 12.1. The summed E-state index contributed by atoms with van der Waals surface area (Å²) in [5.74, 6) is 0.392. The molecule has 0 aromatic heterocycles. The Balaban J connectivity index is 1.45. The zero-order chi connectivity index (χ0) is 20.9. The Morgan fingerprint density at radius 3 is 2.72 bits per heavy atom. The molecule has 1 unspecified atom stereocenters. The first kappa shape index (κ1) is 21.6. The van der Waals surface area contributed by atoms with Crippen molar-refractivity contribution < 1.29 is 13.2 Å². The molecular weight excluding hydrogens is 456 g/mol. The molecule has 1 fully saturated rings. The Bertz CT molecular complexity index is 968. The summed E-state index contributed by atoms with van der Waals surface area (Å²) in [6, 6.07) is 14.5. The summed E-state index contributed by atoms with van der Waals surface area (Å²) < 4.78 is 27.1. The molecule has 1 saturated heterocycles. The first-order chi connectivity index (χ1) is 13.9. The number of amides is 2. The molecule has 1 heterocycles. The van der Waals surface area contributed by atoms with Crippen molar-refractivity contribution in [3.63, 3.8) is 0 Å². The third-order valence-corrected chi connectivity index (χ3v) is 6.85. The molecule has 3 N–H and O–H groups in total. The standard InChI is InChI=1S/C20H25BrN4O3S/c1-22-29(27,28)19-7-2-4-15(10-19)12-23-20(26)24-13-16-8-9-25(14-16)18-6-3-5-17(21)11-18/h2-7,10-11,16,22H,8-9,12-14H2,1H3,(H2,23,24,26). The molecule has 0 saturated carbocycles. The van der Waals surface area contributed by atoms with Crippen LogP contribution in [0.25, 0.3) is 0 Å². The van der Waals surface area contributed by atoms with E-state index in [0.717, 1.165) is 29.5 Å². The number of sulfonamides is 1. The largest absolute Gasteiger partial charge is 0.371 e. The molecule has 2 aromatic rings. The van der Waals surface area contributed by atoms with Crippen molar-refractivity contribution in [1.29, 1.82) is 0 Å². The monoisotopic (exact) mass is 480 g/mol. The van der Waals surface area contributed by atoms with E-state index in [1.54, 1.807) is 18.2 Å². The second kappa shape index (κ2) is 9.60. The minimum Gasteiger partial charge on any atom is -0.371 e. The number of hydrogen-bond acceptors (Lipinski definition) is 4. The Morgan fingerprint density at radius 2 is 1.97 bits per heavy atom. The van der Waals surface area contributed by atoms with Crippen molar-refractivity contribution in [2.75, 3.05) is 31.6 Å². The van der Waals surface area contributed by atoms with Gasteiger partial charge in [-0.25, -0.2) is 17.9 Å². The van der Waals surface area contributed by atoms with Crippen LogP contribution >= 0.6 is 15.9 Å². The highest BCUT2D eigenvalue weighted by Gasteiger charge is 2.23. The van der Waals surface area contributed by atoms with Crippen molar-refractivity contribution in [2.45, 2.75) is 17.9 Å². The van der Waals surface area contributed by atoms with Gasteiger partial charge in [0.25, 0.3) is 0 Å². The molecule has 0 radical (unpaired) electrons. The van der Waals surface area contributed by atoms with E-state index in [1.807, 2.05) is 12.1 Å². The summed E-state index contributed by atoms with van der Waals surface area (Å²) in [6.07, 6.45) is 1.02. The van der Waals surface area contributed by atoms with Gasteiger partial charge in [-0.05, 0) is 55.3 Å². The summed E-state index contributed by atoms with van der Waals surface area (Å²) in [7, 11) is -2.13. The summed E-state index contributed by atoms with van der Waals surface area (Å²) in [5.41, 5.74) is 1.90. The number of anilines is 1. The van der Waals surface area contributed by atoms with E-state index in [4.69, 9.17) is 0 Å². The van der Waals surface area contributed by atoms with Gasteiger partial charge >= 0.3 is 6.03 Å². The molecule has 29 heavy (non-hydrogen) atoms. The van der Waals surface area contributed by atoms with Crippen LogP contribution in [0, 0.1) is 5.92 Å². The van der Waals surface area contributed by atoms with Gasteiger partial charge in [0.05, 0.1) is 4.90 Å². The summed E-state index contributed by atoms with van der Waals surface area (Å²) in [5, 5.41) is 5.70. The normalized spacial score (nSPS) is 16.6. The second-order valence-electron chi connectivity index (χ2n) is 7.00. The molecule has 156 valence electrons. The smallest absolute Gasteiger partial charge is 0.315 e. The van der Waals surface area contributed by atoms with Gasteiger partial charge < -0.3 is 15.5 Å². The zero-order valence-corrected chi connectivity index (χ0v) is 18.6. The molecule has 2 aromatic carbocycles. The highest BCUT2D eigenvalue weighted by molar-refractivity contribution is 9.10. The number of benzene rings is 2. The first-order valence-corrected chi connectivity index (χ1v) is 11.7. The van der Waals surface area contributed by atoms with Crippen molar-refractivity contribution in [3.8, 4) is 0 Å². The number of halogens is 1. The first-order valence-electron chi connectivity index (χ1n) is 9.42. The Hall–Kier alpha value is -2.10. The van der Waals surface area contributed by atoms with Crippen LogP contribution in [0.4, 0.5) is 10.5 Å². The van der Waals surface area contributed by atoms with Crippen LogP contribution in [0.15, 0.2) is 57.9 Å². The second-order valence-corrected chi connectivity index (χ2v) is 9.80. The fraction of sp³-hybridized carbons (Fsp3) is 0.350. The van der Waals surface area contributed by atoms with Crippen LogP contribution in [-0.2, 0) is 16.6 Å². The molecule has 7 nitrogen and oxygen atoms in total. The topological polar surface area (TPSA) is 90.5 Å². The van der Waals surface area contributed by atoms with Gasteiger partial charge in [-0.2, -0.15) is 0 Å². The van der Waals surface area contributed by atoms with E-state index in [9.17, 15) is 13.2 Å². The van der Waals surface area contributed by atoms with Crippen molar-refractivity contribution in [3.05, 3.63) is 58.6 Å². The molecule has 1 aliphatic heterocycles. The van der Waals surface area contributed by atoms with E-state index in [0.29, 0.717) is 12.5 Å². The van der Waals surface area contributed by atoms with Crippen LogP contribution in [0.5, 0.6) is 0 Å². The number of hydrogen-bond donors (Lipinski definition) is 3. The van der Waals surface area contributed by atoms with Gasteiger partial charge in [-0.15, -0.1) is 0 Å². The summed E-state index contributed by atoms with van der Waals surface area (Å²) in [6.45, 7) is 2.73. The quantitative estimate of drug-likeness (QED) is 0.568. The van der Waals surface area contributed by atoms with Crippen LogP contribution in [0.3, 0.4) is 0 Å². The van der Waals surface area contributed by atoms with Crippen molar-refractivity contribution in [1.82, 2.24) is 15.4 Å². The minimum absolute atomic E-state index is 0.179. The van der Waals surface area contributed by atoms with Crippen LogP contribution in [-0.4, -0.2) is 41.1 Å². The molecule has 0 aliphatic carbocycles. The number of urea groups is 1. The van der Waals surface area contributed by atoms with E-state index in [2.05, 4.69) is 48.3 Å². The number of carbonyl (C=O) groups excluding carboxylic acids is 1. The zero-order valence-electron chi connectivity index (χ0n) is 16.2. The number of nitrogens with one attached hydrogen (secondary N) is 3. The maximum Gasteiger partial charge on any atom is 0.315 e. The lowest BCUT2D eigenvalue weighted by Gasteiger charge is -2.19. The number of carbonyl (C=O) groups is 1. The highest BCUT2D eigenvalue weighted by Crippen LogP contribution is 2.25. The number of nitrogens with zero attached hydrogens (tertiary/aromatic N) is 1. The Kier molecular flexibility index (Phi) is 7.15. The van der Waals surface area contributed by atoms with Gasteiger partial charge in [0.15, 0.2) is 0 Å². The fourth-order valence-electron chi connectivity index (χ4n) is 3.33. The van der Waals surface area contributed by atoms with Crippen molar-refractivity contribution >= 4 is 37.7 Å². The molecule has 1 atom stereocenters. The van der Waals surface area contributed by atoms with Crippen LogP contribution < -0.4 is 20.3 Å². The van der Waals surface area contributed by atoms with E-state index in [-0.39, 0.29) is 17.5 Å². The number of rotatable bonds is 7. The summed E-state index contributed by atoms with van der Waals surface area (Å²) >= 11 is 3.50. The average molecular weight is 481 g/mol. The molecule has 1 aliphatic rings. The molecule has 0 bridgehead atoms. The van der Waals surface area contributed by atoms with Crippen LogP contribution in [0.2, 0.25) is 0 Å². The lowest BCUT2D eigenvalue weighted by molar-refractivity contribution is 0.239. The lowest BCUT2D eigenvalue weighted by Crippen LogP contribution is -2.38. The molecule has 0 spiro atoms. The summed E-state index contributed by atoms with van der Waals surface area (Å²) in [4.78, 5) is 14.6. The molecule has 2 amide bonds. The SMILES string of the molecule is CNS(=O)(=O)c1cccc(CNC(=O)NCC2CCN(c3cccc(Br)c3)C2)c1.